The van der Waals surface area contributed by atoms with E-state index in [2.05, 4.69) is 0 Å². The van der Waals surface area contributed by atoms with Crippen LogP contribution in [0.5, 0.6) is 23.0 Å². The molecule has 0 saturated carbocycles. The van der Waals surface area contributed by atoms with Crippen LogP contribution in [0.3, 0.4) is 0 Å². The Morgan fingerprint density at radius 3 is 0.761 bits per heavy atom. The summed E-state index contributed by atoms with van der Waals surface area (Å²) in [5, 5.41) is 27.4. The molecule has 0 aromatic heterocycles. The number of carbonyl (C=O) groups is 5. The van der Waals surface area contributed by atoms with Crippen LogP contribution in [0.25, 0.3) is 24.3 Å². The molecule has 16 nitrogen and oxygen atoms in total. The molecule has 8 aromatic rings. The molecule has 4 atom stereocenters. The van der Waals surface area contributed by atoms with Gasteiger partial charge >= 0.3 is 29.8 Å². The summed E-state index contributed by atoms with van der Waals surface area (Å²) in [5.74, 6) is -1.26. The number of aliphatic carboxylic acids is 1. The molecule has 8 aromatic carbocycles. The maximum Gasteiger partial charge on any atom is 0.338 e. The van der Waals surface area contributed by atoms with Crippen molar-refractivity contribution in [2.75, 3.05) is 28.4 Å². The van der Waals surface area contributed by atoms with E-state index in [1.54, 1.807) is 160 Å². The molecule has 0 bridgehead atoms. The molecule has 0 aliphatic rings. The van der Waals surface area contributed by atoms with Gasteiger partial charge in [-0.3, -0.25) is 0 Å². The number of allylic oxidation sites excluding steroid dienone is 2. The number of rotatable bonds is 24. The highest BCUT2D eigenvalue weighted by Gasteiger charge is 2.35. The molecule has 8 rings (SSSR count). The largest absolute Gasteiger partial charge is 0.497 e. The summed E-state index contributed by atoms with van der Waals surface area (Å²) in [7, 11) is 6.13. The summed E-state index contributed by atoms with van der Waals surface area (Å²) in [6.07, 6.45) is 7.12. The summed E-state index contributed by atoms with van der Waals surface area (Å²) in [6.45, 7) is 3.89. The molecule has 16 heteroatoms. The van der Waals surface area contributed by atoms with E-state index in [9.17, 15) is 34.2 Å². The molecule has 450 valence electrons. The highest BCUT2D eigenvalue weighted by Crippen LogP contribution is 2.40. The number of aliphatic hydroxyl groups is 2. The van der Waals surface area contributed by atoms with Crippen LogP contribution in [0.2, 0.25) is 0 Å². The van der Waals surface area contributed by atoms with E-state index in [-0.39, 0.29) is 11.1 Å². The Hall–Kier alpha value is -10.8. The molecule has 0 fully saturated rings. The van der Waals surface area contributed by atoms with Crippen LogP contribution >= 0.6 is 0 Å². The number of hydrogen-bond donors (Lipinski definition) is 3. The summed E-state index contributed by atoms with van der Waals surface area (Å²) in [6, 6.07) is 54.6. The molecule has 3 N–H and O–H groups in total. The number of benzene rings is 8. The molecule has 0 aliphatic carbocycles. The summed E-state index contributed by atoms with van der Waals surface area (Å²) in [4.78, 5) is 64.9. The van der Waals surface area contributed by atoms with Gasteiger partial charge in [0.25, 0.3) is 0 Å². The van der Waals surface area contributed by atoms with Crippen LogP contribution in [-0.4, -0.2) is 79.9 Å². The average molecular weight is 1190 g/mol. The Kier molecular flexibility index (Phi) is 23.9. The fourth-order valence-corrected chi connectivity index (χ4v) is 8.80. The predicted octanol–water partition coefficient (Wildman–Crippen LogP) is 13.9. The number of carboxylic acid groups (broad SMARTS) is 1. The van der Waals surface area contributed by atoms with Gasteiger partial charge in [0.1, 0.15) is 23.0 Å². The van der Waals surface area contributed by atoms with Crippen LogP contribution in [-0.2, 0) is 23.7 Å². The highest BCUT2D eigenvalue weighted by molar-refractivity contribution is 5.92. The van der Waals surface area contributed by atoms with Crippen molar-refractivity contribution in [1.29, 1.82) is 0 Å². The van der Waals surface area contributed by atoms with Crippen molar-refractivity contribution in [1.82, 2.24) is 0 Å². The minimum Gasteiger partial charge on any atom is -0.497 e. The lowest BCUT2D eigenvalue weighted by molar-refractivity contribution is -0.131. The topological polar surface area (TPSA) is 220 Å². The van der Waals surface area contributed by atoms with E-state index < -0.39 is 60.6 Å². The molecule has 0 saturated heterocycles. The number of aliphatic hydroxyl groups excluding tert-OH is 1. The fourth-order valence-electron chi connectivity index (χ4n) is 8.80. The smallest absolute Gasteiger partial charge is 0.338 e. The predicted molar refractivity (Wildman–Crippen MR) is 334 cm³/mol. The van der Waals surface area contributed by atoms with E-state index in [0.717, 1.165) is 17.2 Å². The fraction of sp³-hybridized carbons (Fsp3) is 0.153. The second kappa shape index (κ2) is 32.5. The second-order valence-corrected chi connectivity index (χ2v) is 19.3. The number of hydrogen-bond acceptors (Lipinski definition) is 15. The van der Waals surface area contributed by atoms with Gasteiger partial charge in [-0.15, -0.1) is 0 Å². The maximum atomic E-state index is 13.5. The highest BCUT2D eigenvalue weighted by atomic mass is 16.6. The lowest BCUT2D eigenvalue weighted by Crippen LogP contribution is -2.23. The zero-order valence-corrected chi connectivity index (χ0v) is 49.1. The molecular formula is C72H66O16. The lowest BCUT2D eigenvalue weighted by atomic mass is 9.95. The Labute approximate surface area is 510 Å². The van der Waals surface area contributed by atoms with Crippen LogP contribution in [0, 0.1) is 0 Å². The monoisotopic (exact) mass is 1190 g/mol. The average Bonchev–Trinajstić information content (AvgIpc) is 2.66. The van der Waals surface area contributed by atoms with Crippen LogP contribution in [0.15, 0.2) is 218 Å². The van der Waals surface area contributed by atoms with E-state index in [1.807, 2.05) is 86.7 Å². The summed E-state index contributed by atoms with van der Waals surface area (Å²) in [5.41, 5.74) is 6.65. The van der Waals surface area contributed by atoms with Crippen LogP contribution in [0.4, 0.5) is 0 Å². The number of methoxy groups -OCH3 is 4. The van der Waals surface area contributed by atoms with Crippen LogP contribution < -0.4 is 18.9 Å². The van der Waals surface area contributed by atoms with Crippen molar-refractivity contribution < 1.29 is 77.2 Å². The van der Waals surface area contributed by atoms with E-state index >= 15 is 0 Å². The van der Waals surface area contributed by atoms with Crippen molar-refractivity contribution in [2.24, 2.45) is 0 Å². The lowest BCUT2D eigenvalue weighted by Gasteiger charge is -2.28. The van der Waals surface area contributed by atoms with Gasteiger partial charge in [0.15, 0.2) is 30.7 Å². The van der Waals surface area contributed by atoms with Crippen LogP contribution in [0.1, 0.15) is 124 Å². The summed E-state index contributed by atoms with van der Waals surface area (Å²) < 4.78 is 45.3. The van der Waals surface area contributed by atoms with Crippen molar-refractivity contribution in [3.63, 3.8) is 0 Å². The third kappa shape index (κ3) is 18.6. The quantitative estimate of drug-likeness (QED) is 0.0222. The zero-order valence-electron chi connectivity index (χ0n) is 49.1. The number of esters is 4. The van der Waals surface area contributed by atoms with Gasteiger partial charge in [-0.05, 0) is 168 Å². The van der Waals surface area contributed by atoms with E-state index in [0.29, 0.717) is 67.5 Å². The van der Waals surface area contributed by atoms with Gasteiger partial charge in [-0.1, -0.05) is 127 Å². The number of ether oxygens (including phenoxy) is 8. The van der Waals surface area contributed by atoms with E-state index in [1.165, 1.54) is 32.4 Å². The maximum absolute atomic E-state index is 13.5. The first-order chi connectivity index (χ1) is 42.6. The zero-order chi connectivity index (χ0) is 63.0. The number of carbonyl (C=O) groups excluding carboxylic acids is 4. The Morgan fingerprint density at radius 1 is 0.330 bits per heavy atom. The Balaban J connectivity index is 0.000000252. The SMILES string of the molecule is C/C=C/c1ccc(C(OC(=O)c2ccc(OC)cc2)C(OC(=O)c2ccc(OC)cc2)c2ccc(/C=C/C)cc2)cc1.COc1ccc(C(=O)OC(c2ccc(/C=C/C(=O)O)cc2)C(OC(=O)c2ccc(OC)cc2)c2ccc(/C=C/C(O)O)cc2)cc1. The molecule has 0 radical (unpaired) electrons. The van der Waals surface area contributed by atoms with Gasteiger partial charge in [0.2, 0.25) is 0 Å². The number of carboxylic acids is 1. The van der Waals surface area contributed by atoms with Gasteiger partial charge in [-0.2, -0.15) is 0 Å². The molecule has 0 aliphatic heterocycles. The van der Waals surface area contributed by atoms with Crippen molar-refractivity contribution >= 4 is 54.2 Å². The van der Waals surface area contributed by atoms with Gasteiger partial charge in [0, 0.05) is 6.08 Å². The molecule has 0 heterocycles. The van der Waals surface area contributed by atoms with Gasteiger partial charge in [0.05, 0.1) is 50.7 Å². The first kappa shape index (κ1) is 64.7. The van der Waals surface area contributed by atoms with Crippen molar-refractivity contribution in [3.8, 4) is 23.0 Å². The second-order valence-electron chi connectivity index (χ2n) is 19.3. The first-order valence-electron chi connectivity index (χ1n) is 27.6. The first-order valence-corrected chi connectivity index (χ1v) is 27.6. The van der Waals surface area contributed by atoms with Crippen molar-refractivity contribution in [3.05, 3.63) is 285 Å². The minimum absolute atomic E-state index is 0.232. The normalized spacial score (nSPS) is 12.6. The third-order valence-corrected chi connectivity index (χ3v) is 13.4. The molecule has 0 spiro atoms. The standard InChI is InChI=1S/C36H32O10.C36H34O6/c1-43-29-17-13-27(14-18-29)35(41)45-33(25-9-3-23(4-10-25)7-21-31(37)38)34(26-11-5-24(6-12-26)8-22-32(39)40)46-36(42)28-15-19-30(44-2)20-16-28;1-5-7-25-9-13-27(14-10-25)33(41-35(37)29-17-21-31(39-3)22-18-29)34(28-15-11-26(8-6-2)12-16-28)42-36(38)30-19-23-32(40-4)24-20-30/h3-22,31,33-34,37-38H,1-2H3,(H,39,40);5-24,33-34H,1-4H3/b21-7+,22-8+;7-5+,8-6+. The third-order valence-electron chi connectivity index (χ3n) is 13.4. The van der Waals surface area contributed by atoms with Gasteiger partial charge in [-0.25, -0.2) is 24.0 Å². The Morgan fingerprint density at radius 2 is 0.557 bits per heavy atom. The Bertz CT molecular complexity index is 3560. The van der Waals surface area contributed by atoms with Gasteiger partial charge < -0.3 is 53.2 Å². The van der Waals surface area contributed by atoms with E-state index in [4.69, 9.17) is 43.0 Å². The molecule has 0 amide bonds. The van der Waals surface area contributed by atoms with Crippen molar-refractivity contribution in [2.45, 2.75) is 44.6 Å². The molecule has 4 unspecified atom stereocenters. The molecule has 88 heavy (non-hydrogen) atoms. The summed E-state index contributed by atoms with van der Waals surface area (Å²) >= 11 is 0. The molecular weight excluding hydrogens is 1120 g/mol. The minimum atomic E-state index is -1.63.